The SMILES string of the molecule is [CH2]CCCc1ccc2ocnc2c1. The Labute approximate surface area is 77.6 Å². The molecule has 2 aromatic rings. The second-order valence-electron chi connectivity index (χ2n) is 3.11. The second kappa shape index (κ2) is 3.60. The largest absolute Gasteiger partial charge is 0.443 e. The molecule has 0 aliphatic carbocycles. The van der Waals surface area contributed by atoms with E-state index < -0.39 is 0 Å². The smallest absolute Gasteiger partial charge is 0.181 e. The monoisotopic (exact) mass is 174 g/mol. The van der Waals surface area contributed by atoms with Gasteiger partial charge in [0, 0.05) is 0 Å². The number of rotatable bonds is 3. The molecular formula is C11H12NO. The number of aromatic nitrogens is 1. The van der Waals surface area contributed by atoms with Crippen molar-refractivity contribution in [1.82, 2.24) is 4.98 Å². The van der Waals surface area contributed by atoms with E-state index in [9.17, 15) is 0 Å². The summed E-state index contributed by atoms with van der Waals surface area (Å²) in [5, 5.41) is 0. The van der Waals surface area contributed by atoms with Crippen molar-refractivity contribution in [3.8, 4) is 0 Å². The van der Waals surface area contributed by atoms with Gasteiger partial charge in [-0.05, 0) is 30.5 Å². The molecule has 0 atom stereocenters. The second-order valence-corrected chi connectivity index (χ2v) is 3.11. The number of oxazole rings is 1. The van der Waals surface area contributed by atoms with Gasteiger partial charge in [0.15, 0.2) is 12.0 Å². The van der Waals surface area contributed by atoms with E-state index in [0.29, 0.717) is 0 Å². The standard InChI is InChI=1S/C11H12NO/c1-2-3-4-9-5-6-11-10(7-9)12-8-13-11/h5-8H,1-4H2. The fourth-order valence-corrected chi connectivity index (χ4v) is 1.39. The van der Waals surface area contributed by atoms with Crippen molar-refractivity contribution in [3.63, 3.8) is 0 Å². The van der Waals surface area contributed by atoms with Crippen LogP contribution in [-0.2, 0) is 6.42 Å². The number of unbranched alkanes of at least 4 members (excludes halogenated alkanes) is 1. The van der Waals surface area contributed by atoms with Crippen LogP contribution in [0.15, 0.2) is 29.0 Å². The van der Waals surface area contributed by atoms with Gasteiger partial charge in [-0.2, -0.15) is 0 Å². The molecule has 1 radical (unpaired) electrons. The molecule has 0 fully saturated rings. The van der Waals surface area contributed by atoms with Crippen molar-refractivity contribution in [1.29, 1.82) is 0 Å². The molecule has 1 aromatic carbocycles. The van der Waals surface area contributed by atoms with E-state index in [4.69, 9.17) is 4.42 Å². The fourth-order valence-electron chi connectivity index (χ4n) is 1.39. The molecule has 2 rings (SSSR count). The molecule has 0 saturated heterocycles. The summed E-state index contributed by atoms with van der Waals surface area (Å²) in [7, 11) is 0. The number of hydrogen-bond acceptors (Lipinski definition) is 2. The van der Waals surface area contributed by atoms with Gasteiger partial charge < -0.3 is 4.42 Å². The highest BCUT2D eigenvalue weighted by molar-refractivity contribution is 5.72. The lowest BCUT2D eigenvalue weighted by Gasteiger charge is -1.97. The van der Waals surface area contributed by atoms with Gasteiger partial charge in [0.1, 0.15) is 5.52 Å². The normalized spacial score (nSPS) is 10.8. The quantitative estimate of drug-likeness (QED) is 0.715. The Bertz CT molecular complexity index is 392. The average molecular weight is 174 g/mol. The van der Waals surface area contributed by atoms with E-state index >= 15 is 0 Å². The van der Waals surface area contributed by atoms with Gasteiger partial charge in [-0.1, -0.05) is 19.4 Å². The van der Waals surface area contributed by atoms with Gasteiger partial charge in [0.2, 0.25) is 0 Å². The molecule has 0 spiro atoms. The first-order valence-corrected chi connectivity index (χ1v) is 4.51. The fraction of sp³-hybridized carbons (Fsp3) is 0.273. The van der Waals surface area contributed by atoms with Crippen LogP contribution < -0.4 is 0 Å². The number of fused-ring (bicyclic) bond motifs is 1. The van der Waals surface area contributed by atoms with Crippen LogP contribution >= 0.6 is 0 Å². The molecule has 0 bridgehead atoms. The van der Waals surface area contributed by atoms with Crippen LogP contribution in [0.2, 0.25) is 0 Å². The average Bonchev–Trinajstić information content (AvgIpc) is 2.61. The minimum atomic E-state index is 0.860. The van der Waals surface area contributed by atoms with Gasteiger partial charge in [0.25, 0.3) is 0 Å². The first-order chi connectivity index (χ1) is 6.40. The molecule has 2 heteroatoms. The van der Waals surface area contributed by atoms with Crippen LogP contribution in [0.3, 0.4) is 0 Å². The number of benzene rings is 1. The maximum atomic E-state index is 5.15. The molecular weight excluding hydrogens is 162 g/mol. The molecule has 0 N–H and O–H groups in total. The lowest BCUT2D eigenvalue weighted by Crippen LogP contribution is -1.83. The molecule has 1 aromatic heterocycles. The maximum absolute atomic E-state index is 5.15. The summed E-state index contributed by atoms with van der Waals surface area (Å²) in [6, 6.07) is 6.14. The number of aryl methyl sites for hydroxylation is 1. The van der Waals surface area contributed by atoms with E-state index in [1.54, 1.807) is 0 Å². The molecule has 1 heterocycles. The van der Waals surface area contributed by atoms with Gasteiger partial charge in [-0.3, -0.25) is 0 Å². The predicted molar refractivity (Wildman–Crippen MR) is 52.3 cm³/mol. The third kappa shape index (κ3) is 1.72. The Hall–Kier alpha value is -1.31. The van der Waals surface area contributed by atoms with Gasteiger partial charge in [-0.25, -0.2) is 4.98 Å². The van der Waals surface area contributed by atoms with Crippen molar-refractivity contribution in [3.05, 3.63) is 37.1 Å². The number of hydrogen-bond donors (Lipinski definition) is 0. The van der Waals surface area contributed by atoms with Crippen molar-refractivity contribution in [2.45, 2.75) is 19.3 Å². The zero-order valence-corrected chi connectivity index (χ0v) is 7.49. The Morgan fingerprint density at radius 1 is 1.38 bits per heavy atom. The van der Waals surface area contributed by atoms with Gasteiger partial charge in [-0.15, -0.1) is 0 Å². The van der Waals surface area contributed by atoms with Crippen LogP contribution in [-0.4, -0.2) is 4.98 Å². The van der Waals surface area contributed by atoms with Crippen LogP contribution in [0.1, 0.15) is 18.4 Å². The lowest BCUT2D eigenvalue weighted by molar-refractivity contribution is 0.602. The molecule has 2 nitrogen and oxygen atoms in total. The highest BCUT2D eigenvalue weighted by Gasteiger charge is 1.99. The zero-order chi connectivity index (χ0) is 9.10. The van der Waals surface area contributed by atoms with E-state index in [1.165, 1.54) is 12.0 Å². The summed E-state index contributed by atoms with van der Waals surface area (Å²) in [6.07, 6.45) is 4.67. The van der Waals surface area contributed by atoms with Gasteiger partial charge in [0.05, 0.1) is 0 Å². The summed E-state index contributed by atoms with van der Waals surface area (Å²) in [5.74, 6) is 0. The zero-order valence-electron chi connectivity index (χ0n) is 7.49. The Balaban J connectivity index is 2.26. The molecule has 13 heavy (non-hydrogen) atoms. The topological polar surface area (TPSA) is 26.0 Å². The third-order valence-electron chi connectivity index (χ3n) is 2.11. The van der Waals surface area contributed by atoms with Crippen molar-refractivity contribution in [2.24, 2.45) is 0 Å². The minimum absolute atomic E-state index is 0.860. The predicted octanol–water partition coefficient (Wildman–Crippen LogP) is 2.98. The Morgan fingerprint density at radius 3 is 3.15 bits per heavy atom. The summed E-state index contributed by atoms with van der Waals surface area (Å²) < 4.78 is 5.15. The first kappa shape index (κ1) is 8.30. The van der Waals surface area contributed by atoms with Crippen molar-refractivity contribution >= 4 is 11.1 Å². The third-order valence-corrected chi connectivity index (χ3v) is 2.11. The number of nitrogens with zero attached hydrogens (tertiary/aromatic N) is 1. The Kier molecular flexibility index (Phi) is 2.30. The molecule has 0 aliphatic rings. The van der Waals surface area contributed by atoms with Gasteiger partial charge >= 0.3 is 0 Å². The van der Waals surface area contributed by atoms with Crippen LogP contribution in [0.5, 0.6) is 0 Å². The summed E-state index contributed by atoms with van der Waals surface area (Å²) in [6.45, 7) is 3.82. The molecule has 0 saturated carbocycles. The summed E-state index contributed by atoms with van der Waals surface area (Å²) in [4.78, 5) is 4.11. The van der Waals surface area contributed by atoms with Crippen molar-refractivity contribution in [2.75, 3.05) is 0 Å². The molecule has 0 amide bonds. The van der Waals surface area contributed by atoms with Crippen molar-refractivity contribution < 1.29 is 4.42 Å². The minimum Gasteiger partial charge on any atom is -0.443 e. The summed E-state index contributed by atoms with van der Waals surface area (Å²) >= 11 is 0. The van der Waals surface area contributed by atoms with E-state index in [-0.39, 0.29) is 0 Å². The first-order valence-electron chi connectivity index (χ1n) is 4.51. The van der Waals surface area contributed by atoms with E-state index in [1.807, 2.05) is 6.07 Å². The van der Waals surface area contributed by atoms with E-state index in [2.05, 4.69) is 24.0 Å². The lowest BCUT2D eigenvalue weighted by atomic mass is 10.1. The molecule has 67 valence electrons. The van der Waals surface area contributed by atoms with Crippen LogP contribution in [0.4, 0.5) is 0 Å². The van der Waals surface area contributed by atoms with Crippen LogP contribution in [0.25, 0.3) is 11.1 Å². The summed E-state index contributed by atoms with van der Waals surface area (Å²) in [5.41, 5.74) is 3.12. The van der Waals surface area contributed by atoms with E-state index in [0.717, 1.165) is 30.4 Å². The highest BCUT2D eigenvalue weighted by atomic mass is 16.3. The Morgan fingerprint density at radius 2 is 2.31 bits per heavy atom. The molecule has 0 aliphatic heterocycles. The molecule has 0 unspecified atom stereocenters. The van der Waals surface area contributed by atoms with Crippen LogP contribution in [0, 0.1) is 6.92 Å². The highest BCUT2D eigenvalue weighted by Crippen LogP contribution is 2.15. The maximum Gasteiger partial charge on any atom is 0.181 e.